The van der Waals surface area contributed by atoms with Gasteiger partial charge in [-0.1, -0.05) is 12.1 Å². The Labute approximate surface area is 183 Å². The molecule has 162 valence electrons. The maximum atomic E-state index is 13.1. The Morgan fingerprint density at radius 1 is 1.29 bits per heavy atom. The first-order valence-corrected chi connectivity index (χ1v) is 10.7. The summed E-state index contributed by atoms with van der Waals surface area (Å²) in [6.07, 6.45) is 1.84. The second kappa shape index (κ2) is 9.17. The monoisotopic (exact) mass is 442 g/mol. The number of carbonyl (C=O) groups is 3. The summed E-state index contributed by atoms with van der Waals surface area (Å²) in [5.41, 5.74) is 1.06. The lowest BCUT2D eigenvalue weighted by Crippen LogP contribution is -2.45. The molecule has 9 nitrogen and oxygen atoms in total. The molecule has 0 bridgehead atoms. The van der Waals surface area contributed by atoms with E-state index in [2.05, 4.69) is 5.32 Å². The van der Waals surface area contributed by atoms with Crippen LogP contribution in [0.1, 0.15) is 23.7 Å². The van der Waals surface area contributed by atoms with Crippen molar-refractivity contribution in [1.82, 2.24) is 4.90 Å². The van der Waals surface area contributed by atoms with Gasteiger partial charge in [0.05, 0.1) is 21.2 Å². The van der Waals surface area contributed by atoms with Gasteiger partial charge >= 0.3 is 0 Å². The van der Waals surface area contributed by atoms with Crippen molar-refractivity contribution in [2.45, 2.75) is 24.3 Å². The number of anilines is 2. The van der Waals surface area contributed by atoms with Gasteiger partial charge in [0, 0.05) is 31.1 Å². The molecule has 0 aromatic heterocycles. The van der Waals surface area contributed by atoms with Crippen molar-refractivity contribution in [3.8, 4) is 0 Å². The molecule has 3 amide bonds. The number of para-hydroxylation sites is 2. The van der Waals surface area contributed by atoms with Crippen LogP contribution in [0.15, 0.2) is 47.4 Å². The van der Waals surface area contributed by atoms with E-state index in [1.807, 2.05) is 0 Å². The first kappa shape index (κ1) is 22.3. The number of carbonyl (C=O) groups excluding carboxylic acids is 3. The van der Waals surface area contributed by atoms with E-state index in [9.17, 15) is 24.5 Å². The van der Waals surface area contributed by atoms with Gasteiger partial charge in [-0.3, -0.25) is 24.5 Å². The van der Waals surface area contributed by atoms with Crippen LogP contribution in [0.4, 0.5) is 17.1 Å². The van der Waals surface area contributed by atoms with Crippen LogP contribution in [-0.2, 0) is 9.59 Å². The SMILES string of the molecule is CSc1ccc(C(=O)N(C)CC(=O)N2c3ccccc3NC(=O)CC2C)cc1[N+](=O)[O-]. The molecule has 10 heteroatoms. The lowest BCUT2D eigenvalue weighted by Gasteiger charge is -2.29. The molecule has 1 aliphatic rings. The van der Waals surface area contributed by atoms with Gasteiger partial charge in [-0.2, -0.15) is 0 Å². The predicted molar refractivity (Wildman–Crippen MR) is 118 cm³/mol. The lowest BCUT2D eigenvalue weighted by atomic mass is 10.1. The van der Waals surface area contributed by atoms with E-state index in [4.69, 9.17) is 0 Å². The molecule has 1 N–H and O–H groups in total. The predicted octanol–water partition coefficient (Wildman–Crippen LogP) is 3.15. The highest BCUT2D eigenvalue weighted by Gasteiger charge is 2.31. The number of benzene rings is 2. The topological polar surface area (TPSA) is 113 Å². The Kier molecular flexibility index (Phi) is 6.59. The first-order chi connectivity index (χ1) is 14.7. The highest BCUT2D eigenvalue weighted by molar-refractivity contribution is 7.98. The summed E-state index contributed by atoms with van der Waals surface area (Å²) < 4.78 is 0. The Morgan fingerprint density at radius 2 is 2.00 bits per heavy atom. The first-order valence-electron chi connectivity index (χ1n) is 9.51. The summed E-state index contributed by atoms with van der Waals surface area (Å²) in [4.78, 5) is 52.0. The minimum Gasteiger partial charge on any atom is -0.332 e. The van der Waals surface area contributed by atoms with E-state index in [0.717, 1.165) is 0 Å². The van der Waals surface area contributed by atoms with E-state index in [1.165, 1.54) is 46.8 Å². The molecule has 0 saturated heterocycles. The number of nitro benzene ring substituents is 1. The van der Waals surface area contributed by atoms with Crippen LogP contribution in [0.5, 0.6) is 0 Å². The van der Waals surface area contributed by atoms with Crippen molar-refractivity contribution in [2.75, 3.05) is 30.1 Å². The molecule has 0 saturated carbocycles. The van der Waals surface area contributed by atoms with Crippen molar-refractivity contribution in [1.29, 1.82) is 0 Å². The third-order valence-corrected chi connectivity index (χ3v) is 5.75. The molecule has 1 heterocycles. The minimum absolute atomic E-state index is 0.125. The van der Waals surface area contributed by atoms with Crippen molar-refractivity contribution in [2.24, 2.45) is 0 Å². The van der Waals surface area contributed by atoms with Gasteiger partial charge in [-0.05, 0) is 37.4 Å². The maximum Gasteiger partial charge on any atom is 0.283 e. The Hall–Kier alpha value is -3.40. The van der Waals surface area contributed by atoms with Crippen molar-refractivity contribution >= 4 is 46.5 Å². The average Bonchev–Trinajstić information content (AvgIpc) is 2.86. The van der Waals surface area contributed by atoms with E-state index in [0.29, 0.717) is 16.3 Å². The van der Waals surface area contributed by atoms with Gasteiger partial charge in [0.2, 0.25) is 11.8 Å². The zero-order valence-electron chi connectivity index (χ0n) is 17.3. The molecule has 2 aromatic rings. The van der Waals surface area contributed by atoms with Crippen LogP contribution in [0, 0.1) is 10.1 Å². The molecule has 1 aliphatic heterocycles. The van der Waals surface area contributed by atoms with Gasteiger partial charge in [-0.15, -0.1) is 11.8 Å². The fraction of sp³-hybridized carbons (Fsp3) is 0.286. The quantitative estimate of drug-likeness (QED) is 0.432. The highest BCUT2D eigenvalue weighted by atomic mass is 32.2. The third-order valence-electron chi connectivity index (χ3n) is 4.97. The summed E-state index contributed by atoms with van der Waals surface area (Å²) in [6, 6.07) is 10.8. The molecular weight excluding hydrogens is 420 g/mol. The van der Waals surface area contributed by atoms with Gasteiger partial charge in [0.25, 0.3) is 11.6 Å². The van der Waals surface area contributed by atoms with Crippen LogP contribution in [0.2, 0.25) is 0 Å². The number of nitrogens with one attached hydrogen (secondary N) is 1. The fourth-order valence-corrected chi connectivity index (χ4v) is 4.05. The lowest BCUT2D eigenvalue weighted by molar-refractivity contribution is -0.387. The Balaban J connectivity index is 1.83. The standard InChI is InChI=1S/C21H22N4O5S/c1-13-10-19(26)22-15-6-4-5-7-16(15)24(13)20(27)12-23(2)21(28)14-8-9-18(31-3)17(11-14)25(29)30/h4-9,11,13H,10,12H2,1-3H3,(H,22,26). The van der Waals surface area contributed by atoms with E-state index < -0.39 is 16.9 Å². The summed E-state index contributed by atoms with van der Waals surface area (Å²) in [6.45, 7) is 1.52. The van der Waals surface area contributed by atoms with Crippen LogP contribution in [0.3, 0.4) is 0 Å². The number of thioether (sulfide) groups is 1. The Bertz CT molecular complexity index is 1060. The van der Waals surface area contributed by atoms with Crippen molar-refractivity contribution < 1.29 is 19.3 Å². The normalized spacial score (nSPS) is 15.5. The zero-order valence-corrected chi connectivity index (χ0v) is 18.1. The van der Waals surface area contributed by atoms with Crippen LogP contribution in [-0.4, -0.2) is 53.4 Å². The number of likely N-dealkylation sites (N-methyl/N-ethyl adjacent to an activating group) is 1. The van der Waals surface area contributed by atoms with Gasteiger partial charge < -0.3 is 15.1 Å². The molecule has 2 aromatic carbocycles. The van der Waals surface area contributed by atoms with Crippen molar-refractivity contribution in [3.05, 3.63) is 58.1 Å². The molecular formula is C21H22N4O5S. The number of hydrogen-bond acceptors (Lipinski definition) is 6. The van der Waals surface area contributed by atoms with Gasteiger partial charge in [-0.25, -0.2) is 0 Å². The highest BCUT2D eigenvalue weighted by Crippen LogP contribution is 2.32. The third kappa shape index (κ3) is 4.69. The number of amides is 3. The van der Waals surface area contributed by atoms with Gasteiger partial charge in [0.15, 0.2) is 0 Å². The largest absolute Gasteiger partial charge is 0.332 e. The van der Waals surface area contributed by atoms with Crippen molar-refractivity contribution in [3.63, 3.8) is 0 Å². The van der Waals surface area contributed by atoms with E-state index in [-0.39, 0.29) is 36.0 Å². The summed E-state index contributed by atoms with van der Waals surface area (Å²) in [7, 11) is 1.46. The molecule has 31 heavy (non-hydrogen) atoms. The van der Waals surface area contributed by atoms with Gasteiger partial charge in [0.1, 0.15) is 6.54 Å². The molecule has 0 radical (unpaired) electrons. The number of nitro groups is 1. The second-order valence-corrected chi connectivity index (χ2v) is 8.04. The fourth-order valence-electron chi connectivity index (χ4n) is 3.50. The minimum atomic E-state index is -0.534. The molecule has 0 fully saturated rings. The average molecular weight is 442 g/mol. The summed E-state index contributed by atoms with van der Waals surface area (Å²) in [5.74, 6) is -1.06. The van der Waals surface area contributed by atoms with Crippen LogP contribution < -0.4 is 10.2 Å². The maximum absolute atomic E-state index is 13.1. The molecule has 3 rings (SSSR count). The molecule has 0 spiro atoms. The van der Waals surface area contributed by atoms with E-state index in [1.54, 1.807) is 37.4 Å². The van der Waals surface area contributed by atoms with E-state index >= 15 is 0 Å². The zero-order chi connectivity index (χ0) is 22.7. The number of hydrogen-bond donors (Lipinski definition) is 1. The number of rotatable bonds is 5. The van der Waals surface area contributed by atoms with Crippen LogP contribution >= 0.6 is 11.8 Å². The number of fused-ring (bicyclic) bond motifs is 1. The summed E-state index contributed by atoms with van der Waals surface area (Å²) in [5, 5.41) is 14.1. The molecule has 1 atom stereocenters. The summed E-state index contributed by atoms with van der Waals surface area (Å²) >= 11 is 1.22. The smallest absolute Gasteiger partial charge is 0.283 e. The second-order valence-electron chi connectivity index (χ2n) is 7.19. The molecule has 0 aliphatic carbocycles. The molecule has 1 unspecified atom stereocenters. The Morgan fingerprint density at radius 3 is 2.68 bits per heavy atom. The van der Waals surface area contributed by atoms with Crippen LogP contribution in [0.25, 0.3) is 0 Å². The number of nitrogens with zero attached hydrogens (tertiary/aromatic N) is 3.